The highest BCUT2D eigenvalue weighted by Gasteiger charge is 2.18. The number of aromatic nitrogens is 2. The molecule has 2 aromatic rings. The first-order chi connectivity index (χ1) is 13.5. The molecule has 29 heavy (non-hydrogen) atoms. The van der Waals surface area contributed by atoms with Crippen molar-refractivity contribution < 1.29 is 9.72 Å². The highest BCUT2D eigenvalue weighted by atomic mass is 35.5. The second-order valence-corrected chi connectivity index (χ2v) is 7.27. The van der Waals surface area contributed by atoms with Crippen molar-refractivity contribution in [2.75, 3.05) is 13.1 Å². The summed E-state index contributed by atoms with van der Waals surface area (Å²) in [5.74, 6) is -0.191. The van der Waals surface area contributed by atoms with Crippen LogP contribution in [0.3, 0.4) is 0 Å². The van der Waals surface area contributed by atoms with E-state index in [1.165, 1.54) is 50.7 Å². The quantitative estimate of drug-likeness (QED) is 0.308. The summed E-state index contributed by atoms with van der Waals surface area (Å²) >= 11 is 0. The van der Waals surface area contributed by atoms with E-state index in [1.807, 2.05) is 0 Å². The third kappa shape index (κ3) is 6.27. The van der Waals surface area contributed by atoms with E-state index in [0.717, 1.165) is 6.54 Å². The minimum atomic E-state index is -0.447. The maximum Gasteiger partial charge on any atom is 0.269 e. The lowest BCUT2D eigenvalue weighted by molar-refractivity contribution is -0.384. The third-order valence-corrected chi connectivity index (χ3v) is 5.12. The van der Waals surface area contributed by atoms with Crippen molar-refractivity contribution in [1.29, 1.82) is 0 Å². The number of hydrogen-bond acceptors (Lipinski definition) is 5. The van der Waals surface area contributed by atoms with Crippen LogP contribution in [0.15, 0.2) is 30.5 Å². The number of carbonyl (C=O) groups is 1. The Kier molecular flexibility index (Phi) is 8.60. The van der Waals surface area contributed by atoms with Gasteiger partial charge in [-0.1, -0.05) is 25.7 Å². The van der Waals surface area contributed by atoms with Crippen LogP contribution >= 0.6 is 12.4 Å². The fraction of sp³-hybridized carbons (Fsp3) is 0.500. The lowest BCUT2D eigenvalue weighted by atomic mass is 10.1. The number of nitrogens with one attached hydrogen (secondary N) is 2. The molecule has 1 aliphatic rings. The maximum atomic E-state index is 12.6. The molecular formula is C20H28ClN5O3. The summed E-state index contributed by atoms with van der Waals surface area (Å²) in [6.45, 7) is 1.29. The molecule has 1 saturated carbocycles. The van der Waals surface area contributed by atoms with E-state index < -0.39 is 4.92 Å². The van der Waals surface area contributed by atoms with Crippen LogP contribution in [0.2, 0.25) is 0 Å². The Labute approximate surface area is 176 Å². The predicted molar refractivity (Wildman–Crippen MR) is 114 cm³/mol. The highest BCUT2D eigenvalue weighted by Crippen LogP contribution is 2.24. The monoisotopic (exact) mass is 421 g/mol. The largest absolute Gasteiger partial charge is 0.351 e. The summed E-state index contributed by atoms with van der Waals surface area (Å²) < 4.78 is 1.58. The third-order valence-electron chi connectivity index (χ3n) is 5.12. The van der Waals surface area contributed by atoms with Crippen LogP contribution in [0.4, 0.5) is 5.69 Å². The van der Waals surface area contributed by atoms with Gasteiger partial charge in [0, 0.05) is 50.1 Å². The number of amides is 1. The average Bonchev–Trinajstić information content (AvgIpc) is 2.90. The van der Waals surface area contributed by atoms with Gasteiger partial charge in [0.2, 0.25) is 0 Å². The Morgan fingerprint density at radius 1 is 1.17 bits per heavy atom. The minimum absolute atomic E-state index is 0. The zero-order valence-corrected chi connectivity index (χ0v) is 17.4. The molecule has 0 radical (unpaired) electrons. The number of aryl methyl sites for hydroxylation is 1. The second kappa shape index (κ2) is 10.9. The molecule has 3 rings (SSSR count). The smallest absolute Gasteiger partial charge is 0.269 e. The van der Waals surface area contributed by atoms with Gasteiger partial charge in [-0.15, -0.1) is 12.4 Å². The number of carbonyl (C=O) groups excluding carboxylic acids is 1. The van der Waals surface area contributed by atoms with Crippen molar-refractivity contribution in [3.8, 4) is 11.3 Å². The van der Waals surface area contributed by atoms with Gasteiger partial charge in [-0.05, 0) is 25.0 Å². The van der Waals surface area contributed by atoms with Crippen LogP contribution in [-0.4, -0.2) is 39.7 Å². The zero-order valence-electron chi connectivity index (χ0n) is 16.6. The summed E-state index contributed by atoms with van der Waals surface area (Å²) in [7, 11) is 1.75. The summed E-state index contributed by atoms with van der Waals surface area (Å²) in [6.07, 6.45) is 9.28. The van der Waals surface area contributed by atoms with E-state index in [1.54, 1.807) is 30.1 Å². The summed E-state index contributed by atoms with van der Waals surface area (Å²) in [4.78, 5) is 23.0. The van der Waals surface area contributed by atoms with Crippen molar-refractivity contribution in [3.05, 3.63) is 46.1 Å². The van der Waals surface area contributed by atoms with Gasteiger partial charge in [0.15, 0.2) is 0 Å². The summed E-state index contributed by atoms with van der Waals surface area (Å²) in [5, 5.41) is 21.7. The molecule has 1 fully saturated rings. The van der Waals surface area contributed by atoms with Crippen molar-refractivity contribution in [2.45, 2.75) is 44.6 Å². The minimum Gasteiger partial charge on any atom is -0.351 e. The molecule has 158 valence electrons. The molecule has 1 aromatic carbocycles. The van der Waals surface area contributed by atoms with E-state index in [9.17, 15) is 14.9 Å². The lowest BCUT2D eigenvalue weighted by Gasteiger charge is -2.16. The normalized spacial score (nSPS) is 14.7. The van der Waals surface area contributed by atoms with Gasteiger partial charge in [-0.25, -0.2) is 0 Å². The molecule has 2 N–H and O–H groups in total. The van der Waals surface area contributed by atoms with Crippen molar-refractivity contribution >= 4 is 24.0 Å². The molecule has 1 aliphatic carbocycles. The van der Waals surface area contributed by atoms with E-state index in [0.29, 0.717) is 29.4 Å². The molecular weight excluding hydrogens is 394 g/mol. The molecule has 0 aliphatic heterocycles. The summed E-state index contributed by atoms with van der Waals surface area (Å²) in [5.41, 5.74) is 1.67. The topological polar surface area (TPSA) is 102 Å². The Morgan fingerprint density at radius 3 is 2.45 bits per heavy atom. The SMILES string of the molecule is Cl.Cn1cc(C(=O)NCCNC2CCCCCC2)c(-c2ccc([N+](=O)[O-])cc2)n1. The Balaban J connectivity index is 0.00000300. The van der Waals surface area contributed by atoms with Gasteiger partial charge in [-0.2, -0.15) is 5.10 Å². The Morgan fingerprint density at radius 2 is 1.83 bits per heavy atom. The Bertz CT molecular complexity index is 814. The van der Waals surface area contributed by atoms with Crippen LogP contribution in [0.25, 0.3) is 11.3 Å². The number of nitrogens with zero attached hydrogens (tertiary/aromatic N) is 3. The molecule has 0 saturated heterocycles. The predicted octanol–water partition coefficient (Wildman–Crippen LogP) is 3.46. The van der Waals surface area contributed by atoms with E-state index >= 15 is 0 Å². The molecule has 1 heterocycles. The second-order valence-electron chi connectivity index (χ2n) is 7.27. The molecule has 9 heteroatoms. The van der Waals surface area contributed by atoms with Gasteiger partial charge in [0.05, 0.1) is 10.5 Å². The van der Waals surface area contributed by atoms with Crippen molar-refractivity contribution in [2.24, 2.45) is 7.05 Å². The standard InChI is InChI=1S/C20H27N5O3.ClH/c1-24-14-18(19(23-24)15-8-10-17(11-9-15)25(27)28)20(26)22-13-12-21-16-6-4-2-3-5-7-16;/h8-11,14,16,21H,2-7,12-13H2,1H3,(H,22,26);1H. The van der Waals surface area contributed by atoms with Crippen LogP contribution < -0.4 is 10.6 Å². The first kappa shape index (κ1) is 22.8. The molecule has 0 unspecified atom stereocenters. The lowest BCUT2D eigenvalue weighted by Crippen LogP contribution is -2.36. The number of benzene rings is 1. The van der Waals surface area contributed by atoms with E-state index in [2.05, 4.69) is 15.7 Å². The molecule has 0 atom stereocenters. The number of rotatable bonds is 7. The number of non-ortho nitro benzene ring substituents is 1. The highest BCUT2D eigenvalue weighted by molar-refractivity contribution is 5.99. The van der Waals surface area contributed by atoms with E-state index in [-0.39, 0.29) is 24.0 Å². The number of halogens is 1. The van der Waals surface area contributed by atoms with Gasteiger partial charge in [0.1, 0.15) is 5.69 Å². The average molecular weight is 422 g/mol. The van der Waals surface area contributed by atoms with Crippen LogP contribution in [0, 0.1) is 10.1 Å². The molecule has 0 spiro atoms. The molecule has 1 aromatic heterocycles. The van der Waals surface area contributed by atoms with Gasteiger partial charge in [-0.3, -0.25) is 19.6 Å². The van der Waals surface area contributed by atoms with Crippen molar-refractivity contribution in [3.63, 3.8) is 0 Å². The fourth-order valence-electron chi connectivity index (χ4n) is 3.64. The molecule has 0 bridgehead atoms. The number of nitro benzene ring substituents is 1. The van der Waals surface area contributed by atoms with E-state index in [4.69, 9.17) is 0 Å². The number of hydrogen-bond donors (Lipinski definition) is 2. The first-order valence-corrected chi connectivity index (χ1v) is 9.84. The summed E-state index contributed by atoms with van der Waals surface area (Å²) in [6, 6.07) is 6.62. The molecule has 8 nitrogen and oxygen atoms in total. The van der Waals surface area contributed by atoms with Gasteiger partial charge >= 0.3 is 0 Å². The fourth-order valence-corrected chi connectivity index (χ4v) is 3.64. The first-order valence-electron chi connectivity index (χ1n) is 9.84. The zero-order chi connectivity index (χ0) is 19.9. The van der Waals surface area contributed by atoms with Gasteiger partial charge < -0.3 is 10.6 Å². The van der Waals surface area contributed by atoms with Crippen molar-refractivity contribution in [1.82, 2.24) is 20.4 Å². The molecule has 1 amide bonds. The maximum absolute atomic E-state index is 12.6. The van der Waals surface area contributed by atoms with Gasteiger partial charge in [0.25, 0.3) is 11.6 Å². The van der Waals surface area contributed by atoms with Crippen LogP contribution in [-0.2, 0) is 7.05 Å². The number of nitro groups is 1. The van der Waals surface area contributed by atoms with Crippen LogP contribution in [0.5, 0.6) is 0 Å². The van der Waals surface area contributed by atoms with Crippen LogP contribution in [0.1, 0.15) is 48.9 Å². The Hall–Kier alpha value is -2.45.